The Hall–Kier alpha value is -12.5. The maximum Gasteiger partial charge on any atom is 0.573 e. The first-order valence-electron chi connectivity index (χ1n) is 38.7. The first kappa shape index (κ1) is 92.7. The van der Waals surface area contributed by atoms with Gasteiger partial charge in [-0.3, -0.25) is 53.6 Å². The third-order valence-corrected chi connectivity index (χ3v) is 21.7. The van der Waals surface area contributed by atoms with Crippen molar-refractivity contribution in [3.8, 4) is 62.9 Å². The van der Waals surface area contributed by atoms with Gasteiger partial charge in [-0.1, -0.05) is 55.2 Å². The molecule has 7 aliphatic heterocycles. The van der Waals surface area contributed by atoms with Crippen LogP contribution in [0.15, 0.2) is 122 Å². The Bertz CT molecular complexity index is 5360. The molecule has 40 nitrogen and oxygen atoms in total. The van der Waals surface area contributed by atoms with E-state index >= 15 is 24.0 Å². The highest BCUT2D eigenvalue weighted by atomic mass is 35.5. The number of nitrogens with one attached hydrogen (secondary N) is 11. The lowest BCUT2D eigenvalue weighted by Crippen LogP contribution is -2.65. The quantitative estimate of drug-likeness (QED) is 0.0515. The van der Waals surface area contributed by atoms with Gasteiger partial charge in [0.2, 0.25) is 53.4 Å². The van der Waals surface area contributed by atoms with Crippen LogP contribution in [0, 0.1) is 5.92 Å². The number of aliphatic hydroxyl groups excluding tert-OH is 6. The highest BCUT2D eigenvalue weighted by Gasteiger charge is 2.53. The number of phenols is 3. The molecule has 7 aromatic rings. The van der Waals surface area contributed by atoms with Crippen molar-refractivity contribution in [2.24, 2.45) is 17.4 Å². The summed E-state index contributed by atoms with van der Waals surface area (Å²) in [7, 11) is 1.45. The molecule has 126 heavy (non-hydrogen) atoms. The zero-order valence-electron chi connectivity index (χ0n) is 66.9. The van der Waals surface area contributed by atoms with Crippen molar-refractivity contribution in [3.05, 3.63) is 171 Å². The number of hydrogen-bond acceptors (Lipinski definition) is 29. The molecule has 1 aromatic heterocycles. The molecule has 672 valence electrons. The number of rotatable bonds is 19. The number of alkyl halides is 3. The van der Waals surface area contributed by atoms with E-state index in [4.69, 9.17) is 63.1 Å². The van der Waals surface area contributed by atoms with Crippen molar-refractivity contribution in [1.82, 2.24) is 58.4 Å². The highest BCUT2D eigenvalue weighted by Crippen LogP contribution is 2.50. The normalized spacial score (nSPS) is 25.9. The fourth-order valence-corrected chi connectivity index (χ4v) is 15.3. The zero-order chi connectivity index (χ0) is 91.4. The number of anilines is 1. The summed E-state index contributed by atoms with van der Waals surface area (Å²) in [6.07, 6.45) is -22.3. The molecule has 45 heteroatoms. The molecule has 7 aliphatic rings. The van der Waals surface area contributed by atoms with E-state index in [9.17, 15) is 83.1 Å². The van der Waals surface area contributed by atoms with E-state index in [2.05, 4.69) is 57.6 Å². The number of nitrogens with two attached hydrogens (primary N) is 2. The molecule has 11 amide bonds. The number of halogens is 5. The van der Waals surface area contributed by atoms with Gasteiger partial charge < -0.3 is 138 Å². The third-order valence-electron chi connectivity index (χ3n) is 21.2. The van der Waals surface area contributed by atoms with Crippen LogP contribution in [-0.2, 0) is 59.1 Å². The average Bonchev–Trinajstić information content (AvgIpc) is 0.764. The van der Waals surface area contributed by atoms with Gasteiger partial charge in [-0.05, 0) is 152 Å². The molecule has 18 unspecified atom stereocenters. The van der Waals surface area contributed by atoms with Gasteiger partial charge in [0.25, 0.3) is 11.8 Å². The molecule has 2 fully saturated rings. The number of pyridine rings is 1. The van der Waals surface area contributed by atoms with E-state index in [1.807, 2.05) is 10.9 Å². The maximum atomic E-state index is 16.3. The molecule has 6 aromatic carbocycles. The number of aliphatic hydroxyl groups is 6. The van der Waals surface area contributed by atoms with Gasteiger partial charge in [-0.2, -0.15) is 0 Å². The minimum Gasteiger partial charge on any atom is -0.508 e. The molecular weight excluding hydrogens is 1710 g/mol. The van der Waals surface area contributed by atoms with Crippen LogP contribution in [0.5, 0.6) is 51.7 Å². The average molecular weight is 1800 g/mol. The predicted octanol–water partition coefficient (Wildman–Crippen LogP) is 2.10. The van der Waals surface area contributed by atoms with E-state index in [0.29, 0.717) is 5.56 Å². The molecule has 18 atom stereocenters. The lowest BCUT2D eigenvalue weighted by Gasteiger charge is -2.48. The van der Waals surface area contributed by atoms with E-state index in [-0.39, 0.29) is 47.7 Å². The second kappa shape index (κ2) is 38.5. The molecule has 11 bridgehead atoms. The van der Waals surface area contributed by atoms with Crippen molar-refractivity contribution in [1.29, 1.82) is 0 Å². The van der Waals surface area contributed by atoms with Crippen LogP contribution in [0.1, 0.15) is 121 Å². The van der Waals surface area contributed by atoms with Crippen LogP contribution in [-0.4, -0.2) is 209 Å². The first-order valence-corrected chi connectivity index (χ1v) is 39.5. The van der Waals surface area contributed by atoms with E-state index < -0.39 is 277 Å². The van der Waals surface area contributed by atoms with Crippen LogP contribution < -0.4 is 89.1 Å². The lowest BCUT2D eigenvalue weighted by molar-refractivity contribution is -0.334. The number of carbonyl (C=O) groups excluding carboxylic acids is 10. The number of fused-ring (bicyclic) bond motifs is 15. The summed E-state index contributed by atoms with van der Waals surface area (Å²) >= 11 is 14.3. The van der Waals surface area contributed by atoms with Gasteiger partial charge >= 0.3 is 12.4 Å². The Morgan fingerprint density at radius 1 is 0.698 bits per heavy atom. The largest absolute Gasteiger partial charge is 0.573 e. The van der Waals surface area contributed by atoms with Gasteiger partial charge in [0.15, 0.2) is 23.9 Å². The van der Waals surface area contributed by atoms with Crippen LogP contribution in [0.3, 0.4) is 0 Å². The number of urea groups is 1. The molecule has 2 saturated heterocycles. The predicted molar refractivity (Wildman–Crippen MR) is 430 cm³/mol. The first-order chi connectivity index (χ1) is 59.6. The number of carbonyl (C=O) groups is 10. The molecular formula is C81H87Cl2F3N14O26. The Kier molecular flexibility index (Phi) is 28.3. The van der Waals surface area contributed by atoms with Crippen LogP contribution in [0.25, 0.3) is 11.1 Å². The highest BCUT2D eigenvalue weighted by molar-refractivity contribution is 6.32. The number of aromatic hydroxyl groups is 3. The second-order valence-electron chi connectivity index (χ2n) is 30.7. The number of nitrogens with zero attached hydrogens (tertiary/aromatic N) is 1. The lowest BCUT2D eigenvalue weighted by atomic mass is 9.84. The number of phenolic OH excluding ortho intramolecular Hbond substituents is 3. The number of likely N-dealkylation sites (N-methyl/N-ethyl adjacent to an activating group) is 1. The fourth-order valence-electron chi connectivity index (χ4n) is 14.8. The summed E-state index contributed by atoms with van der Waals surface area (Å²) in [5, 5.41) is 129. The maximum absolute atomic E-state index is 16.3. The topological polar surface area (TPSA) is 615 Å². The second-order valence-corrected chi connectivity index (χ2v) is 31.5. The fraction of sp³-hybridized carbons (Fsp3) is 0.370. The summed E-state index contributed by atoms with van der Waals surface area (Å²) in [5.74, 6) is -17.7. The van der Waals surface area contributed by atoms with Crippen molar-refractivity contribution in [3.63, 3.8) is 0 Å². The molecule has 0 saturated carbocycles. The number of hydrogen-bond donors (Lipinski definition) is 22. The third kappa shape index (κ3) is 21.2. The summed E-state index contributed by atoms with van der Waals surface area (Å²) in [6.45, 7) is 5.47. The number of amides is 11. The van der Waals surface area contributed by atoms with Crippen molar-refractivity contribution in [2.75, 3.05) is 19.0 Å². The monoisotopic (exact) mass is 1800 g/mol. The Balaban J connectivity index is 1.01. The minimum absolute atomic E-state index is 0.0437. The number of aromatic nitrogens is 1. The van der Waals surface area contributed by atoms with Gasteiger partial charge in [-0.25, -0.2) is 10.2 Å². The Morgan fingerprint density at radius 2 is 1.33 bits per heavy atom. The number of primary amides is 2. The molecule has 0 radical (unpaired) electrons. The molecule has 0 aliphatic carbocycles. The molecule has 24 N–H and O–H groups in total. The number of ether oxygens (including phenoxy) is 7. The van der Waals surface area contributed by atoms with Gasteiger partial charge in [0, 0.05) is 47.5 Å². The van der Waals surface area contributed by atoms with E-state index in [0.717, 1.165) is 97.1 Å². The molecule has 8 heterocycles. The summed E-state index contributed by atoms with van der Waals surface area (Å²) < 4.78 is 81.9. The summed E-state index contributed by atoms with van der Waals surface area (Å²) in [6, 6.07) is 2.82. The van der Waals surface area contributed by atoms with Crippen LogP contribution in [0.4, 0.5) is 23.7 Å². The van der Waals surface area contributed by atoms with Crippen LogP contribution in [0.2, 0.25) is 10.0 Å². The number of hydrazine groups is 1. The zero-order valence-corrected chi connectivity index (χ0v) is 68.4. The van der Waals surface area contributed by atoms with Gasteiger partial charge in [0.05, 0.1) is 53.2 Å². The smallest absolute Gasteiger partial charge is 0.508 e. The van der Waals surface area contributed by atoms with Crippen molar-refractivity contribution in [2.45, 2.75) is 169 Å². The minimum atomic E-state index is -4.99. The number of benzene rings is 6. The van der Waals surface area contributed by atoms with Crippen molar-refractivity contribution >= 4 is 88.1 Å². The Morgan fingerprint density at radius 3 is 1.95 bits per heavy atom. The van der Waals surface area contributed by atoms with Gasteiger partial charge in [0.1, 0.15) is 101 Å². The molecule has 14 rings (SSSR count). The SMILES string of the molecule is CNC(CC(C)C)C(=O)NC1C(=O)NC(CC(N)=O)C(=O)NC2C(=O)NC3C(=O)NC(C(=O)NC(C(=O)NNC(N)=O)c4cc(O)cc(O)c4-c4cc3ccc4O)C(O)c3ccc(c(Cl)c3)Oc3cc2cc(c3OC2OC(CO)C(O)C(O)C2OC2CC(C)(NCc3cncc(NC(=O)c4ccc(OC(F)(F)F)cc4)c3)C(O)C(C)O2)Oc2ccc(cc2Cl)C1O. The summed E-state index contributed by atoms with van der Waals surface area (Å²) in [4.78, 5) is 149. The van der Waals surface area contributed by atoms with Gasteiger partial charge in [-0.15, -0.1) is 13.2 Å². The van der Waals surface area contributed by atoms with E-state index in [1.165, 1.54) is 38.5 Å². The van der Waals surface area contributed by atoms with Crippen molar-refractivity contribution < 1.29 is 140 Å². The Labute approximate surface area is 722 Å². The van der Waals surface area contributed by atoms with E-state index in [1.54, 1.807) is 20.8 Å². The van der Waals surface area contributed by atoms with Crippen LogP contribution >= 0.6 is 23.2 Å². The summed E-state index contributed by atoms with van der Waals surface area (Å²) in [5.41, 5.74) is 10.8. The standard InChI is InChI=1S/C81H87Cl2F3N14O26/c1-31(2)16-46(89-5)71(112)97-61-63(106)36-9-14-50(44(82)19-36)121-52-21-38-22-53(67(52)125-78-68(66(109)65(108)54(30-101)123-78)124-56-26-80(4,69(110)32(3)120-56)91-28-33-17-39(29-90-27-33)92-70(111)34-6-11-41(12-7-34)126-81(84,85)86)122-51-15-10-37(20-45(51)83)64(107)62-76(117)96-60(77(118)99-100-79(88)119)43-23-40(102)24-49(104)57(43)42-18-35(8-13-48(42)103)58(73(114)98-62)95-74(115)59(38)94-72(113)47(25-55(87)105)93-75(61)116/h6-15,17-24,27,29,31-32,46-47,54,56,58-66,68-69,78,89,91,101-104,106-110H,16,25-26,28,30H2,1-5H3,(H2,87,105)(H,92,111)(H,93,116)(H,94,113)(H,95,115)(H,96,117)(H,97,112)(H,98,114)(H,99,118)(H3,88,100,119). The molecule has 0 spiro atoms.